The van der Waals surface area contributed by atoms with Gasteiger partial charge in [-0.25, -0.2) is 0 Å². The van der Waals surface area contributed by atoms with Gasteiger partial charge >= 0.3 is 5.97 Å². The Morgan fingerprint density at radius 2 is 0.349 bits per heavy atom. The Hall–Kier alpha value is -0.530. The summed E-state index contributed by atoms with van der Waals surface area (Å²) in [5, 5.41) is 0. The fraction of sp³-hybridized carbons (Fsp3) is 0.984. The van der Waals surface area contributed by atoms with Crippen molar-refractivity contribution < 1.29 is 9.53 Å². The molecule has 2 nitrogen and oxygen atoms in total. The molecule has 0 atom stereocenters. The number of carbonyl (C=O) groups excluding carboxylic acids is 1. The molecule has 0 aromatic heterocycles. The summed E-state index contributed by atoms with van der Waals surface area (Å²) in [6.45, 7) is 5.25. The molecule has 0 aromatic carbocycles. The van der Waals surface area contributed by atoms with Crippen molar-refractivity contribution in [2.45, 2.75) is 380 Å². The van der Waals surface area contributed by atoms with Crippen molar-refractivity contribution in [1.29, 1.82) is 0 Å². The second-order valence-corrected chi connectivity index (χ2v) is 21.1. The molecule has 0 amide bonds. The minimum Gasteiger partial charge on any atom is -0.466 e. The summed E-state index contributed by atoms with van der Waals surface area (Å²) in [4.78, 5) is 12.1. The fourth-order valence-electron chi connectivity index (χ4n) is 9.97. The maximum atomic E-state index is 12.1. The summed E-state index contributed by atoms with van der Waals surface area (Å²) in [6, 6.07) is 0. The molecule has 0 rings (SSSR count). The normalized spacial score (nSPS) is 11.6. The van der Waals surface area contributed by atoms with E-state index in [0.29, 0.717) is 13.0 Å². The largest absolute Gasteiger partial charge is 0.466 e. The molecule has 0 bridgehead atoms. The summed E-state index contributed by atoms with van der Waals surface area (Å²) in [7, 11) is 0. The number of unbranched alkanes of at least 4 members (excludes halogenated alkanes) is 54. The van der Waals surface area contributed by atoms with E-state index in [9.17, 15) is 4.79 Å². The highest BCUT2D eigenvalue weighted by Crippen LogP contribution is 2.19. The number of ether oxygens (including phenoxy) is 1. The van der Waals surface area contributed by atoms with E-state index in [4.69, 9.17) is 4.74 Å². The van der Waals surface area contributed by atoms with Crippen LogP contribution in [0.5, 0.6) is 0 Å². The van der Waals surface area contributed by atoms with E-state index < -0.39 is 0 Å². The van der Waals surface area contributed by atoms with Gasteiger partial charge in [-0.2, -0.15) is 0 Å². The Kier molecular flexibility index (Phi) is 59.0. The molecular weight excluding hydrogens is 765 g/mol. The molecule has 0 aliphatic rings. The van der Waals surface area contributed by atoms with Crippen LogP contribution >= 0.6 is 0 Å². The lowest BCUT2D eigenvalue weighted by Gasteiger charge is -2.06. The summed E-state index contributed by atoms with van der Waals surface area (Å²) in [6.07, 6.45) is 80.2. The van der Waals surface area contributed by atoms with Crippen LogP contribution in [-0.2, 0) is 9.53 Å². The van der Waals surface area contributed by atoms with Gasteiger partial charge in [0.25, 0.3) is 0 Å². The molecule has 0 N–H and O–H groups in total. The molecule has 0 aliphatic heterocycles. The van der Waals surface area contributed by atoms with Gasteiger partial charge in [-0.15, -0.1) is 0 Å². The van der Waals surface area contributed by atoms with E-state index in [2.05, 4.69) is 13.8 Å². The van der Waals surface area contributed by atoms with Gasteiger partial charge in [-0.1, -0.05) is 361 Å². The van der Waals surface area contributed by atoms with E-state index >= 15 is 0 Å². The van der Waals surface area contributed by atoms with Crippen molar-refractivity contribution in [3.63, 3.8) is 0 Å². The van der Waals surface area contributed by atoms with E-state index in [1.165, 1.54) is 347 Å². The molecule has 0 radical (unpaired) electrons. The van der Waals surface area contributed by atoms with Crippen molar-refractivity contribution in [3.05, 3.63) is 0 Å². The van der Waals surface area contributed by atoms with Crippen LogP contribution < -0.4 is 0 Å². The summed E-state index contributed by atoms with van der Waals surface area (Å²) in [5.41, 5.74) is 0. The van der Waals surface area contributed by atoms with Crippen LogP contribution in [0.3, 0.4) is 0 Å². The summed E-state index contributed by atoms with van der Waals surface area (Å²) < 4.78 is 5.52. The van der Waals surface area contributed by atoms with E-state index in [1.54, 1.807) is 0 Å². The number of rotatable bonds is 58. The zero-order valence-electron chi connectivity index (χ0n) is 44.3. The van der Waals surface area contributed by atoms with Gasteiger partial charge in [-0.05, 0) is 12.8 Å². The van der Waals surface area contributed by atoms with Gasteiger partial charge in [0.05, 0.1) is 6.61 Å². The lowest BCUT2D eigenvalue weighted by molar-refractivity contribution is -0.143. The Morgan fingerprint density at radius 1 is 0.206 bits per heavy atom. The predicted octanol–water partition coefficient (Wildman–Crippen LogP) is 22.8. The second kappa shape index (κ2) is 59.5. The predicted molar refractivity (Wildman–Crippen MR) is 285 cm³/mol. The smallest absolute Gasteiger partial charge is 0.305 e. The van der Waals surface area contributed by atoms with Crippen LogP contribution in [0, 0.1) is 0 Å². The molecule has 0 aliphatic carbocycles. The summed E-state index contributed by atoms with van der Waals surface area (Å²) >= 11 is 0. The SMILES string of the molecule is CCCCCCCCCCCCCCCCCCCCCCCCCCCCCCCCOC(=O)CCCCCCCCCCCCCCCCCCCCCCCCCCCC. The van der Waals surface area contributed by atoms with Crippen LogP contribution in [0.15, 0.2) is 0 Å². The monoisotopic (exact) mass is 887 g/mol. The molecule has 0 heterocycles. The number of hydrogen-bond acceptors (Lipinski definition) is 2. The van der Waals surface area contributed by atoms with Crippen molar-refractivity contribution in [2.75, 3.05) is 6.61 Å². The number of esters is 1. The Morgan fingerprint density at radius 3 is 0.524 bits per heavy atom. The summed E-state index contributed by atoms with van der Waals surface area (Å²) in [5.74, 6) is 0.0368. The average Bonchev–Trinajstić information content (AvgIpc) is 3.29. The highest BCUT2D eigenvalue weighted by molar-refractivity contribution is 5.69. The first kappa shape index (κ1) is 62.5. The maximum Gasteiger partial charge on any atom is 0.305 e. The number of carbonyl (C=O) groups is 1. The molecular formula is C61H122O2. The first-order chi connectivity index (χ1) is 31.3. The average molecular weight is 888 g/mol. The van der Waals surface area contributed by atoms with Crippen molar-refractivity contribution in [2.24, 2.45) is 0 Å². The Bertz CT molecular complexity index is 792. The van der Waals surface area contributed by atoms with E-state index in [-0.39, 0.29) is 5.97 Å². The molecule has 0 fully saturated rings. The van der Waals surface area contributed by atoms with Gasteiger partial charge < -0.3 is 4.74 Å². The lowest BCUT2D eigenvalue weighted by atomic mass is 10.0. The third-order valence-corrected chi connectivity index (χ3v) is 14.5. The van der Waals surface area contributed by atoms with Crippen LogP contribution in [0.1, 0.15) is 380 Å². The van der Waals surface area contributed by atoms with Gasteiger partial charge in [0, 0.05) is 6.42 Å². The van der Waals surface area contributed by atoms with Gasteiger partial charge in [0.15, 0.2) is 0 Å². The lowest BCUT2D eigenvalue weighted by Crippen LogP contribution is -2.05. The van der Waals surface area contributed by atoms with Gasteiger partial charge in [-0.3, -0.25) is 4.79 Å². The highest BCUT2D eigenvalue weighted by Gasteiger charge is 2.03. The molecule has 0 aromatic rings. The zero-order valence-corrected chi connectivity index (χ0v) is 44.3. The van der Waals surface area contributed by atoms with Gasteiger partial charge in [0.2, 0.25) is 0 Å². The third-order valence-electron chi connectivity index (χ3n) is 14.5. The standard InChI is InChI=1S/C61H122O2/c1-3-5-7-9-11-13-15-17-19-21-23-25-27-29-31-32-33-34-36-38-40-42-44-46-48-50-52-54-56-58-60-63-61(62)59-57-55-53-51-49-47-45-43-41-39-37-35-30-28-26-24-22-20-18-16-14-12-10-8-6-4-2/h3-60H2,1-2H3. The minimum absolute atomic E-state index is 0.0368. The zero-order chi connectivity index (χ0) is 45.3. The first-order valence-corrected chi connectivity index (χ1v) is 30.5. The Balaban J connectivity index is 3.14. The number of hydrogen-bond donors (Lipinski definition) is 0. The molecule has 63 heavy (non-hydrogen) atoms. The van der Waals surface area contributed by atoms with Crippen LogP contribution in [-0.4, -0.2) is 12.6 Å². The molecule has 0 unspecified atom stereocenters. The Labute approximate surface area is 400 Å². The first-order valence-electron chi connectivity index (χ1n) is 30.5. The molecule has 378 valence electrons. The molecule has 2 heteroatoms. The molecule has 0 spiro atoms. The van der Waals surface area contributed by atoms with E-state index in [1.807, 2.05) is 0 Å². The molecule has 0 saturated carbocycles. The van der Waals surface area contributed by atoms with Crippen molar-refractivity contribution >= 4 is 5.97 Å². The highest BCUT2D eigenvalue weighted by atomic mass is 16.5. The van der Waals surface area contributed by atoms with Crippen LogP contribution in [0.25, 0.3) is 0 Å². The third kappa shape index (κ3) is 59.5. The topological polar surface area (TPSA) is 26.3 Å². The maximum absolute atomic E-state index is 12.1. The van der Waals surface area contributed by atoms with Crippen LogP contribution in [0.2, 0.25) is 0 Å². The minimum atomic E-state index is 0.0368. The quantitative estimate of drug-likeness (QED) is 0.0449. The van der Waals surface area contributed by atoms with E-state index in [0.717, 1.165) is 12.8 Å². The van der Waals surface area contributed by atoms with Crippen molar-refractivity contribution in [1.82, 2.24) is 0 Å². The second-order valence-electron chi connectivity index (χ2n) is 21.1. The van der Waals surface area contributed by atoms with Crippen molar-refractivity contribution in [3.8, 4) is 0 Å². The molecule has 0 saturated heterocycles. The van der Waals surface area contributed by atoms with Crippen LogP contribution in [0.4, 0.5) is 0 Å². The van der Waals surface area contributed by atoms with Gasteiger partial charge in [0.1, 0.15) is 0 Å². The fourth-order valence-corrected chi connectivity index (χ4v) is 9.97.